The molecule has 2 N–H and O–H groups in total. The molecule has 2 aromatic rings. The number of hydrogen-bond donors (Lipinski definition) is 2. The third-order valence-electron chi connectivity index (χ3n) is 3.45. The van der Waals surface area contributed by atoms with E-state index in [0.717, 1.165) is 18.4 Å². The second kappa shape index (κ2) is 8.88. The van der Waals surface area contributed by atoms with Gasteiger partial charge in [0.25, 0.3) is 0 Å². The summed E-state index contributed by atoms with van der Waals surface area (Å²) in [6.45, 7) is 1.07. The zero-order chi connectivity index (χ0) is 16.5. The topological polar surface area (TPSA) is 36.4 Å². The van der Waals surface area contributed by atoms with Gasteiger partial charge in [0.05, 0.1) is 0 Å². The number of rotatable bonds is 6. The van der Waals surface area contributed by atoms with Gasteiger partial charge in [-0.15, -0.1) is 0 Å². The SMILES string of the molecule is CN=C(NCCCc1cccc(F)c1)NCc1ccccc1F. The molecule has 0 aromatic heterocycles. The van der Waals surface area contributed by atoms with Crippen molar-refractivity contribution < 1.29 is 8.78 Å². The van der Waals surface area contributed by atoms with Gasteiger partial charge in [-0.3, -0.25) is 4.99 Å². The van der Waals surface area contributed by atoms with Gasteiger partial charge in [-0.25, -0.2) is 8.78 Å². The molecule has 3 nitrogen and oxygen atoms in total. The minimum Gasteiger partial charge on any atom is -0.356 e. The molecule has 122 valence electrons. The van der Waals surface area contributed by atoms with E-state index in [-0.39, 0.29) is 11.6 Å². The van der Waals surface area contributed by atoms with E-state index in [1.807, 2.05) is 6.07 Å². The zero-order valence-corrected chi connectivity index (χ0v) is 13.2. The first-order valence-corrected chi connectivity index (χ1v) is 7.61. The number of aryl methyl sites for hydroxylation is 1. The Morgan fingerprint density at radius 1 is 1.04 bits per heavy atom. The molecule has 0 aliphatic rings. The van der Waals surface area contributed by atoms with E-state index in [9.17, 15) is 8.78 Å². The third-order valence-corrected chi connectivity index (χ3v) is 3.45. The number of halogens is 2. The Hall–Kier alpha value is -2.43. The number of hydrogen-bond acceptors (Lipinski definition) is 1. The second-order valence-corrected chi connectivity index (χ2v) is 5.18. The van der Waals surface area contributed by atoms with Crippen molar-refractivity contribution >= 4 is 5.96 Å². The molecule has 0 atom stereocenters. The molecular weight excluding hydrogens is 296 g/mol. The first kappa shape index (κ1) is 16.9. The van der Waals surface area contributed by atoms with E-state index >= 15 is 0 Å². The average Bonchev–Trinajstić information content (AvgIpc) is 2.55. The summed E-state index contributed by atoms with van der Waals surface area (Å²) >= 11 is 0. The molecule has 5 heteroatoms. The molecule has 23 heavy (non-hydrogen) atoms. The minimum atomic E-state index is -0.235. The van der Waals surface area contributed by atoms with Gasteiger partial charge in [0.15, 0.2) is 5.96 Å². The van der Waals surface area contributed by atoms with Crippen molar-refractivity contribution in [2.45, 2.75) is 19.4 Å². The maximum Gasteiger partial charge on any atom is 0.191 e. The minimum absolute atomic E-state index is 0.210. The van der Waals surface area contributed by atoms with Gasteiger partial charge in [-0.1, -0.05) is 30.3 Å². The predicted octanol–water partition coefficient (Wildman–Crippen LogP) is 3.26. The lowest BCUT2D eigenvalue weighted by Crippen LogP contribution is -2.37. The zero-order valence-electron chi connectivity index (χ0n) is 13.2. The van der Waals surface area contributed by atoms with Crippen LogP contribution >= 0.6 is 0 Å². The van der Waals surface area contributed by atoms with Gasteiger partial charge in [-0.05, 0) is 36.6 Å². The number of nitrogens with zero attached hydrogens (tertiary/aromatic N) is 1. The maximum absolute atomic E-state index is 13.5. The lowest BCUT2D eigenvalue weighted by atomic mass is 10.1. The highest BCUT2D eigenvalue weighted by Gasteiger charge is 2.02. The summed E-state index contributed by atoms with van der Waals surface area (Å²) in [5.74, 6) is 0.173. The van der Waals surface area contributed by atoms with Crippen LogP contribution in [0.3, 0.4) is 0 Å². The maximum atomic E-state index is 13.5. The molecule has 0 heterocycles. The van der Waals surface area contributed by atoms with Gasteiger partial charge in [-0.2, -0.15) is 0 Å². The third kappa shape index (κ3) is 5.70. The Balaban J connectivity index is 1.72. The van der Waals surface area contributed by atoms with E-state index in [1.165, 1.54) is 12.1 Å². The number of aliphatic imine (C=N–C) groups is 1. The summed E-state index contributed by atoms with van der Waals surface area (Å²) in [6.07, 6.45) is 1.64. The summed E-state index contributed by atoms with van der Waals surface area (Å²) in [6, 6.07) is 13.3. The summed E-state index contributed by atoms with van der Waals surface area (Å²) in [5, 5.41) is 6.24. The Labute approximate surface area is 135 Å². The molecule has 0 fully saturated rings. The average molecular weight is 317 g/mol. The molecule has 0 unspecified atom stereocenters. The van der Waals surface area contributed by atoms with Crippen LogP contribution in [0.1, 0.15) is 17.5 Å². The van der Waals surface area contributed by atoms with Crippen LogP contribution in [0, 0.1) is 11.6 Å². The standard InChI is InChI=1S/C18H21F2N3/c1-21-18(23-13-15-8-2-3-10-17(15)20)22-11-5-7-14-6-4-9-16(19)12-14/h2-4,6,8-10,12H,5,7,11,13H2,1H3,(H2,21,22,23). The van der Waals surface area contributed by atoms with Crippen LogP contribution < -0.4 is 10.6 Å². The summed E-state index contributed by atoms with van der Waals surface area (Å²) in [4.78, 5) is 4.10. The first-order chi connectivity index (χ1) is 11.2. The van der Waals surface area contributed by atoms with Crippen molar-refractivity contribution in [2.75, 3.05) is 13.6 Å². The van der Waals surface area contributed by atoms with Crippen LogP contribution in [-0.4, -0.2) is 19.6 Å². The van der Waals surface area contributed by atoms with Crippen LogP contribution in [0.5, 0.6) is 0 Å². The van der Waals surface area contributed by atoms with Crippen LogP contribution in [0.25, 0.3) is 0 Å². The first-order valence-electron chi connectivity index (χ1n) is 7.61. The molecule has 0 bridgehead atoms. The van der Waals surface area contributed by atoms with Crippen molar-refractivity contribution in [1.29, 1.82) is 0 Å². The van der Waals surface area contributed by atoms with Gasteiger partial charge < -0.3 is 10.6 Å². The Kier molecular flexibility index (Phi) is 6.54. The number of guanidine groups is 1. The highest BCUT2D eigenvalue weighted by atomic mass is 19.1. The van der Waals surface area contributed by atoms with Crippen molar-refractivity contribution in [2.24, 2.45) is 4.99 Å². The molecule has 0 radical (unpaired) electrons. The van der Waals surface area contributed by atoms with Crippen LogP contribution in [0.15, 0.2) is 53.5 Å². The molecule has 2 rings (SSSR count). The number of nitrogens with one attached hydrogen (secondary N) is 2. The van der Waals surface area contributed by atoms with Crippen molar-refractivity contribution in [3.8, 4) is 0 Å². The fourth-order valence-electron chi connectivity index (χ4n) is 2.23. The van der Waals surface area contributed by atoms with E-state index in [4.69, 9.17) is 0 Å². The molecule has 0 saturated carbocycles. The highest BCUT2D eigenvalue weighted by Crippen LogP contribution is 2.06. The Morgan fingerprint density at radius 2 is 1.87 bits per heavy atom. The largest absolute Gasteiger partial charge is 0.356 e. The fraction of sp³-hybridized carbons (Fsp3) is 0.278. The molecule has 0 aliphatic carbocycles. The van der Waals surface area contributed by atoms with E-state index in [2.05, 4.69) is 15.6 Å². The second-order valence-electron chi connectivity index (χ2n) is 5.18. The Morgan fingerprint density at radius 3 is 2.61 bits per heavy atom. The molecule has 0 amide bonds. The lowest BCUT2D eigenvalue weighted by Gasteiger charge is -2.12. The van der Waals surface area contributed by atoms with Gasteiger partial charge >= 0.3 is 0 Å². The quantitative estimate of drug-likeness (QED) is 0.487. The Bertz CT molecular complexity index is 656. The van der Waals surface area contributed by atoms with Crippen molar-refractivity contribution in [1.82, 2.24) is 10.6 Å². The van der Waals surface area contributed by atoms with Crippen LogP contribution in [-0.2, 0) is 13.0 Å². The van der Waals surface area contributed by atoms with E-state index < -0.39 is 0 Å². The van der Waals surface area contributed by atoms with Gasteiger partial charge in [0, 0.05) is 25.7 Å². The fourth-order valence-corrected chi connectivity index (χ4v) is 2.23. The van der Waals surface area contributed by atoms with Crippen molar-refractivity contribution in [3.63, 3.8) is 0 Å². The highest BCUT2D eigenvalue weighted by molar-refractivity contribution is 5.79. The summed E-state index contributed by atoms with van der Waals surface area (Å²) < 4.78 is 26.6. The smallest absolute Gasteiger partial charge is 0.191 e. The normalized spacial score (nSPS) is 11.3. The van der Waals surface area contributed by atoms with Gasteiger partial charge in [0.1, 0.15) is 11.6 Å². The van der Waals surface area contributed by atoms with E-state index in [0.29, 0.717) is 24.6 Å². The van der Waals surface area contributed by atoms with Crippen LogP contribution in [0.2, 0.25) is 0 Å². The molecular formula is C18H21F2N3. The lowest BCUT2D eigenvalue weighted by molar-refractivity contribution is 0.604. The number of benzene rings is 2. The summed E-state index contributed by atoms with van der Waals surface area (Å²) in [7, 11) is 1.67. The van der Waals surface area contributed by atoms with Gasteiger partial charge in [0.2, 0.25) is 0 Å². The molecule has 0 aliphatic heterocycles. The molecule has 0 spiro atoms. The molecule has 0 saturated heterocycles. The summed E-state index contributed by atoms with van der Waals surface area (Å²) in [5.41, 5.74) is 1.57. The van der Waals surface area contributed by atoms with Crippen LogP contribution in [0.4, 0.5) is 8.78 Å². The predicted molar refractivity (Wildman–Crippen MR) is 89.3 cm³/mol. The monoisotopic (exact) mass is 317 g/mol. The van der Waals surface area contributed by atoms with Crippen molar-refractivity contribution in [3.05, 3.63) is 71.3 Å². The van der Waals surface area contributed by atoms with E-state index in [1.54, 1.807) is 37.4 Å². The molecule has 2 aromatic carbocycles.